The third-order valence-corrected chi connectivity index (χ3v) is 2.52. The summed E-state index contributed by atoms with van der Waals surface area (Å²) in [5.41, 5.74) is 2.06. The van der Waals surface area contributed by atoms with Gasteiger partial charge in [0.25, 0.3) is 5.69 Å². The van der Waals surface area contributed by atoms with E-state index < -0.39 is 0 Å². The van der Waals surface area contributed by atoms with Crippen molar-refractivity contribution in [1.29, 1.82) is 0 Å². The maximum absolute atomic E-state index is 10.5. The molecule has 4 nitrogen and oxygen atoms in total. The summed E-state index contributed by atoms with van der Waals surface area (Å²) in [7, 11) is 0. The molecule has 0 amide bonds. The van der Waals surface area contributed by atoms with E-state index in [1.165, 1.54) is 18.9 Å². The summed E-state index contributed by atoms with van der Waals surface area (Å²) >= 11 is 0. The SMILES string of the molecule is CCCCCNc1ccc([N+](=O)[O-])cc1C. The van der Waals surface area contributed by atoms with Crippen molar-refractivity contribution in [2.45, 2.75) is 33.1 Å². The molecule has 4 heteroatoms. The minimum Gasteiger partial charge on any atom is -0.385 e. The predicted molar refractivity (Wildman–Crippen MR) is 65.8 cm³/mol. The molecule has 1 aromatic rings. The van der Waals surface area contributed by atoms with Crippen LogP contribution in [0.2, 0.25) is 0 Å². The van der Waals surface area contributed by atoms with E-state index in [0.717, 1.165) is 24.2 Å². The van der Waals surface area contributed by atoms with Gasteiger partial charge < -0.3 is 5.32 Å². The smallest absolute Gasteiger partial charge is 0.269 e. The summed E-state index contributed by atoms with van der Waals surface area (Å²) in [5, 5.41) is 13.8. The van der Waals surface area contributed by atoms with Gasteiger partial charge in [0, 0.05) is 24.4 Å². The van der Waals surface area contributed by atoms with Crippen LogP contribution in [-0.4, -0.2) is 11.5 Å². The fourth-order valence-electron chi connectivity index (χ4n) is 1.56. The van der Waals surface area contributed by atoms with Crippen LogP contribution in [0.25, 0.3) is 0 Å². The van der Waals surface area contributed by atoms with Crippen molar-refractivity contribution < 1.29 is 4.92 Å². The first-order valence-electron chi connectivity index (χ1n) is 5.64. The number of rotatable bonds is 6. The molecule has 1 rings (SSSR count). The molecule has 0 saturated carbocycles. The lowest BCUT2D eigenvalue weighted by Crippen LogP contribution is -2.03. The van der Waals surface area contributed by atoms with Gasteiger partial charge in [-0.25, -0.2) is 0 Å². The number of hydrogen-bond donors (Lipinski definition) is 1. The van der Waals surface area contributed by atoms with E-state index in [0.29, 0.717) is 0 Å². The number of anilines is 1. The number of unbranched alkanes of at least 4 members (excludes halogenated alkanes) is 2. The standard InChI is InChI=1S/C12H18N2O2/c1-3-4-5-8-13-12-7-6-11(14(15)16)9-10(12)2/h6-7,9,13H,3-5,8H2,1-2H3. The molecule has 88 valence electrons. The Morgan fingerprint density at radius 1 is 1.38 bits per heavy atom. The Balaban J connectivity index is 2.57. The zero-order valence-electron chi connectivity index (χ0n) is 9.82. The lowest BCUT2D eigenvalue weighted by Gasteiger charge is -2.08. The lowest BCUT2D eigenvalue weighted by molar-refractivity contribution is -0.384. The summed E-state index contributed by atoms with van der Waals surface area (Å²) in [4.78, 5) is 10.2. The van der Waals surface area contributed by atoms with Gasteiger partial charge in [0.05, 0.1) is 4.92 Å². The minimum absolute atomic E-state index is 0.150. The Hall–Kier alpha value is -1.58. The summed E-state index contributed by atoms with van der Waals surface area (Å²) < 4.78 is 0. The normalized spacial score (nSPS) is 10.1. The number of nitrogens with zero attached hydrogens (tertiary/aromatic N) is 1. The number of aryl methyl sites for hydroxylation is 1. The van der Waals surface area contributed by atoms with Crippen molar-refractivity contribution in [3.63, 3.8) is 0 Å². The van der Waals surface area contributed by atoms with Crippen molar-refractivity contribution in [2.75, 3.05) is 11.9 Å². The molecule has 0 atom stereocenters. The fourth-order valence-corrected chi connectivity index (χ4v) is 1.56. The van der Waals surface area contributed by atoms with Gasteiger partial charge in [0.15, 0.2) is 0 Å². The number of benzene rings is 1. The van der Waals surface area contributed by atoms with Crippen LogP contribution in [0.4, 0.5) is 11.4 Å². The Labute approximate surface area is 95.8 Å². The van der Waals surface area contributed by atoms with Gasteiger partial charge in [0.1, 0.15) is 0 Å². The van der Waals surface area contributed by atoms with Crippen LogP contribution in [0, 0.1) is 17.0 Å². The second-order valence-corrected chi connectivity index (χ2v) is 3.89. The molecule has 0 heterocycles. The molecule has 0 fully saturated rings. The van der Waals surface area contributed by atoms with E-state index in [1.807, 2.05) is 6.92 Å². The fraction of sp³-hybridized carbons (Fsp3) is 0.500. The van der Waals surface area contributed by atoms with Crippen LogP contribution in [0.3, 0.4) is 0 Å². The van der Waals surface area contributed by atoms with Crippen molar-refractivity contribution in [2.24, 2.45) is 0 Å². The summed E-state index contributed by atoms with van der Waals surface area (Å²) in [5.74, 6) is 0. The summed E-state index contributed by atoms with van der Waals surface area (Å²) in [6.45, 7) is 4.97. The Morgan fingerprint density at radius 3 is 2.69 bits per heavy atom. The average Bonchev–Trinajstić information content (AvgIpc) is 2.26. The highest BCUT2D eigenvalue weighted by Crippen LogP contribution is 2.21. The Bertz CT molecular complexity index is 364. The molecule has 1 N–H and O–H groups in total. The second kappa shape index (κ2) is 6.10. The van der Waals surface area contributed by atoms with Gasteiger partial charge in [-0.1, -0.05) is 19.8 Å². The predicted octanol–water partition coefficient (Wildman–Crippen LogP) is 3.51. The van der Waals surface area contributed by atoms with Crippen LogP contribution < -0.4 is 5.32 Å². The van der Waals surface area contributed by atoms with Gasteiger partial charge in [-0.3, -0.25) is 10.1 Å². The van der Waals surface area contributed by atoms with Crippen molar-refractivity contribution in [3.05, 3.63) is 33.9 Å². The first kappa shape index (κ1) is 12.5. The maximum atomic E-state index is 10.5. The van der Waals surface area contributed by atoms with Crippen LogP contribution in [-0.2, 0) is 0 Å². The largest absolute Gasteiger partial charge is 0.385 e. The maximum Gasteiger partial charge on any atom is 0.269 e. The zero-order chi connectivity index (χ0) is 12.0. The van der Waals surface area contributed by atoms with E-state index in [1.54, 1.807) is 12.1 Å². The first-order chi connectivity index (χ1) is 7.65. The third-order valence-electron chi connectivity index (χ3n) is 2.52. The molecule has 0 radical (unpaired) electrons. The Kier molecular flexibility index (Phi) is 4.76. The van der Waals surface area contributed by atoms with Crippen LogP contribution in [0.15, 0.2) is 18.2 Å². The van der Waals surface area contributed by atoms with Crippen molar-refractivity contribution >= 4 is 11.4 Å². The lowest BCUT2D eigenvalue weighted by atomic mass is 10.1. The number of nitro groups is 1. The monoisotopic (exact) mass is 222 g/mol. The molecular formula is C12H18N2O2. The molecule has 0 unspecified atom stereocenters. The van der Waals surface area contributed by atoms with E-state index in [9.17, 15) is 10.1 Å². The number of hydrogen-bond acceptors (Lipinski definition) is 3. The van der Waals surface area contributed by atoms with Gasteiger partial charge in [-0.05, 0) is 25.0 Å². The molecule has 0 aliphatic heterocycles. The highest BCUT2D eigenvalue weighted by Gasteiger charge is 2.07. The second-order valence-electron chi connectivity index (χ2n) is 3.89. The molecule has 1 aromatic carbocycles. The van der Waals surface area contributed by atoms with E-state index in [4.69, 9.17) is 0 Å². The van der Waals surface area contributed by atoms with Gasteiger partial charge in [-0.15, -0.1) is 0 Å². The van der Waals surface area contributed by atoms with Crippen molar-refractivity contribution in [3.8, 4) is 0 Å². The summed E-state index contributed by atoms with van der Waals surface area (Å²) in [6, 6.07) is 4.91. The highest BCUT2D eigenvalue weighted by atomic mass is 16.6. The van der Waals surface area contributed by atoms with Crippen LogP contribution >= 0.6 is 0 Å². The Morgan fingerprint density at radius 2 is 2.12 bits per heavy atom. The molecule has 0 aromatic heterocycles. The van der Waals surface area contributed by atoms with E-state index in [-0.39, 0.29) is 10.6 Å². The summed E-state index contributed by atoms with van der Waals surface area (Å²) in [6.07, 6.45) is 3.53. The quantitative estimate of drug-likeness (QED) is 0.455. The first-order valence-corrected chi connectivity index (χ1v) is 5.64. The van der Waals surface area contributed by atoms with Crippen LogP contribution in [0.5, 0.6) is 0 Å². The van der Waals surface area contributed by atoms with E-state index in [2.05, 4.69) is 12.2 Å². The molecule has 0 saturated heterocycles. The molecule has 0 aliphatic rings. The average molecular weight is 222 g/mol. The minimum atomic E-state index is -0.367. The number of non-ortho nitro benzene ring substituents is 1. The van der Waals surface area contributed by atoms with Crippen LogP contribution in [0.1, 0.15) is 31.7 Å². The highest BCUT2D eigenvalue weighted by molar-refractivity contribution is 5.55. The number of nitrogens with one attached hydrogen (secondary N) is 1. The molecule has 0 spiro atoms. The van der Waals surface area contributed by atoms with E-state index >= 15 is 0 Å². The van der Waals surface area contributed by atoms with Gasteiger partial charge >= 0.3 is 0 Å². The van der Waals surface area contributed by atoms with Crippen molar-refractivity contribution in [1.82, 2.24) is 0 Å². The molecule has 16 heavy (non-hydrogen) atoms. The third kappa shape index (κ3) is 3.53. The zero-order valence-corrected chi connectivity index (χ0v) is 9.82. The van der Waals surface area contributed by atoms with Gasteiger partial charge in [-0.2, -0.15) is 0 Å². The molecule has 0 bridgehead atoms. The van der Waals surface area contributed by atoms with Gasteiger partial charge in [0.2, 0.25) is 0 Å². The molecule has 0 aliphatic carbocycles. The topological polar surface area (TPSA) is 55.2 Å². The number of nitro benzene ring substituents is 1. The molecular weight excluding hydrogens is 204 g/mol.